The maximum absolute atomic E-state index is 13.6. The molecule has 106 valence electrons. The van der Waals surface area contributed by atoms with Gasteiger partial charge in [0.15, 0.2) is 0 Å². The van der Waals surface area contributed by atoms with Crippen LogP contribution in [0.4, 0.5) is 13.2 Å². The highest BCUT2D eigenvalue weighted by atomic mass is 19.1. The third-order valence-corrected chi connectivity index (χ3v) is 2.87. The summed E-state index contributed by atoms with van der Waals surface area (Å²) in [6, 6.07) is 7.38. The Kier molecular flexibility index (Phi) is 4.29. The minimum absolute atomic E-state index is 0.134. The number of hydrogen-bond acceptors (Lipinski definition) is 2. The summed E-state index contributed by atoms with van der Waals surface area (Å²) in [5.74, 6) is -1.93. The number of hydrogen-bond donors (Lipinski definition) is 1. The predicted molar refractivity (Wildman–Crippen MR) is 67.7 cm³/mol. The molecule has 5 heteroatoms. The lowest BCUT2D eigenvalue weighted by Crippen LogP contribution is -2.03. The first kappa shape index (κ1) is 14.4. The van der Waals surface area contributed by atoms with Gasteiger partial charge < -0.3 is 9.84 Å². The standard InChI is InChI=1S/C15H13F3O2/c1-9(19)11-6-5-10(7-15(11)18)20-8-12-13(16)3-2-4-14(12)17/h2-7,9,19H,8H2,1H3/t9-/m0/s1. The van der Waals surface area contributed by atoms with Crippen molar-refractivity contribution < 1.29 is 23.0 Å². The Balaban J connectivity index is 2.14. The van der Waals surface area contributed by atoms with Crippen LogP contribution in [0, 0.1) is 17.5 Å². The molecule has 1 atom stereocenters. The number of rotatable bonds is 4. The molecule has 0 heterocycles. The topological polar surface area (TPSA) is 29.5 Å². The summed E-state index contributed by atoms with van der Waals surface area (Å²) >= 11 is 0. The SMILES string of the molecule is C[C@H](O)c1ccc(OCc2c(F)cccc2F)cc1F. The highest BCUT2D eigenvalue weighted by Crippen LogP contribution is 2.23. The minimum Gasteiger partial charge on any atom is -0.489 e. The van der Waals surface area contributed by atoms with Gasteiger partial charge in [0.2, 0.25) is 0 Å². The monoisotopic (exact) mass is 282 g/mol. The Morgan fingerprint density at radius 1 is 1.05 bits per heavy atom. The lowest BCUT2D eigenvalue weighted by Gasteiger charge is -2.11. The van der Waals surface area contributed by atoms with Gasteiger partial charge >= 0.3 is 0 Å². The van der Waals surface area contributed by atoms with Crippen LogP contribution in [0.3, 0.4) is 0 Å². The molecule has 1 N–H and O–H groups in total. The Labute approximate surface area is 114 Å². The molecule has 0 fully saturated rings. The van der Waals surface area contributed by atoms with Gasteiger partial charge in [0, 0.05) is 11.6 Å². The van der Waals surface area contributed by atoms with E-state index >= 15 is 0 Å². The van der Waals surface area contributed by atoms with E-state index in [4.69, 9.17) is 4.74 Å². The van der Waals surface area contributed by atoms with Crippen molar-refractivity contribution in [2.45, 2.75) is 19.6 Å². The summed E-state index contributed by atoms with van der Waals surface area (Å²) in [4.78, 5) is 0. The number of benzene rings is 2. The summed E-state index contributed by atoms with van der Waals surface area (Å²) in [5, 5.41) is 9.30. The second-order valence-electron chi connectivity index (χ2n) is 4.35. The maximum atomic E-state index is 13.6. The van der Waals surface area contributed by atoms with Crippen LogP contribution in [0.15, 0.2) is 36.4 Å². The summed E-state index contributed by atoms with van der Waals surface area (Å²) in [6.45, 7) is 1.10. The molecule has 0 aliphatic heterocycles. The summed E-state index contributed by atoms with van der Waals surface area (Å²) in [6.07, 6.45) is -0.937. The molecule has 0 unspecified atom stereocenters. The zero-order valence-corrected chi connectivity index (χ0v) is 10.7. The average Bonchev–Trinajstić information content (AvgIpc) is 2.37. The van der Waals surface area contributed by atoms with E-state index < -0.39 is 23.6 Å². The first-order valence-electron chi connectivity index (χ1n) is 6.02. The molecule has 2 aromatic rings. The van der Waals surface area contributed by atoms with Crippen molar-refractivity contribution >= 4 is 0 Å². The molecule has 2 aromatic carbocycles. The molecule has 0 aliphatic carbocycles. The van der Waals surface area contributed by atoms with E-state index in [2.05, 4.69) is 0 Å². The molecular formula is C15H13F3O2. The molecule has 0 aliphatic rings. The van der Waals surface area contributed by atoms with Crippen LogP contribution in [-0.2, 0) is 6.61 Å². The lowest BCUT2D eigenvalue weighted by molar-refractivity contribution is 0.193. The smallest absolute Gasteiger partial charge is 0.132 e. The number of aliphatic hydroxyl groups is 1. The van der Waals surface area contributed by atoms with Crippen molar-refractivity contribution in [1.29, 1.82) is 0 Å². The fraction of sp³-hybridized carbons (Fsp3) is 0.200. The van der Waals surface area contributed by atoms with Crippen LogP contribution in [-0.4, -0.2) is 5.11 Å². The van der Waals surface area contributed by atoms with Gasteiger partial charge in [0.1, 0.15) is 29.8 Å². The van der Waals surface area contributed by atoms with Crippen LogP contribution in [0.1, 0.15) is 24.2 Å². The van der Waals surface area contributed by atoms with Crippen molar-refractivity contribution in [2.24, 2.45) is 0 Å². The van der Waals surface area contributed by atoms with E-state index in [1.807, 2.05) is 0 Å². The van der Waals surface area contributed by atoms with E-state index in [9.17, 15) is 18.3 Å². The lowest BCUT2D eigenvalue weighted by atomic mass is 10.1. The van der Waals surface area contributed by atoms with Crippen molar-refractivity contribution in [3.05, 3.63) is 65.0 Å². The fourth-order valence-electron chi connectivity index (χ4n) is 1.76. The largest absolute Gasteiger partial charge is 0.489 e. The second kappa shape index (κ2) is 5.96. The zero-order valence-electron chi connectivity index (χ0n) is 10.7. The van der Waals surface area contributed by atoms with Crippen molar-refractivity contribution in [3.8, 4) is 5.75 Å². The third-order valence-electron chi connectivity index (χ3n) is 2.87. The Hall–Kier alpha value is -2.01. The summed E-state index contributed by atoms with van der Waals surface area (Å²) in [7, 11) is 0. The van der Waals surface area contributed by atoms with Gasteiger partial charge in [-0.25, -0.2) is 13.2 Å². The van der Waals surface area contributed by atoms with E-state index in [1.165, 1.54) is 25.1 Å². The maximum Gasteiger partial charge on any atom is 0.132 e. The van der Waals surface area contributed by atoms with Crippen molar-refractivity contribution in [3.63, 3.8) is 0 Å². The van der Waals surface area contributed by atoms with Gasteiger partial charge in [-0.2, -0.15) is 0 Å². The molecule has 20 heavy (non-hydrogen) atoms. The van der Waals surface area contributed by atoms with E-state index in [0.717, 1.165) is 18.2 Å². The quantitative estimate of drug-likeness (QED) is 0.925. The first-order chi connectivity index (χ1) is 9.49. The van der Waals surface area contributed by atoms with Gasteiger partial charge in [0.25, 0.3) is 0 Å². The summed E-state index contributed by atoms with van der Waals surface area (Å²) in [5.41, 5.74) is -0.0815. The predicted octanol–water partition coefficient (Wildman–Crippen LogP) is 3.74. The molecule has 2 rings (SSSR count). The third kappa shape index (κ3) is 3.11. The van der Waals surface area contributed by atoms with Gasteiger partial charge in [-0.15, -0.1) is 0 Å². The molecule has 0 radical (unpaired) electrons. The van der Waals surface area contributed by atoms with Gasteiger partial charge in [-0.1, -0.05) is 6.07 Å². The second-order valence-corrected chi connectivity index (χ2v) is 4.35. The number of aliphatic hydroxyl groups excluding tert-OH is 1. The fourth-order valence-corrected chi connectivity index (χ4v) is 1.76. The van der Waals surface area contributed by atoms with Crippen LogP contribution < -0.4 is 4.74 Å². The normalized spacial score (nSPS) is 12.2. The molecule has 0 amide bonds. The average molecular weight is 282 g/mol. The van der Waals surface area contributed by atoms with Crippen LogP contribution in [0.5, 0.6) is 5.75 Å². The molecule has 0 saturated heterocycles. The van der Waals surface area contributed by atoms with Crippen molar-refractivity contribution in [1.82, 2.24) is 0 Å². The Morgan fingerprint density at radius 2 is 1.70 bits per heavy atom. The molecular weight excluding hydrogens is 269 g/mol. The van der Waals surface area contributed by atoms with Crippen molar-refractivity contribution in [2.75, 3.05) is 0 Å². The van der Waals surface area contributed by atoms with Crippen LogP contribution in [0.25, 0.3) is 0 Å². The van der Waals surface area contributed by atoms with E-state index in [-0.39, 0.29) is 23.5 Å². The molecule has 0 saturated carbocycles. The molecule has 0 aromatic heterocycles. The number of ether oxygens (including phenoxy) is 1. The highest BCUT2D eigenvalue weighted by molar-refractivity contribution is 5.30. The summed E-state index contributed by atoms with van der Waals surface area (Å²) < 4.78 is 45.5. The highest BCUT2D eigenvalue weighted by Gasteiger charge is 2.11. The molecule has 0 spiro atoms. The Bertz CT molecular complexity index is 592. The van der Waals surface area contributed by atoms with Gasteiger partial charge in [-0.05, 0) is 31.2 Å². The van der Waals surface area contributed by atoms with Crippen LogP contribution in [0.2, 0.25) is 0 Å². The van der Waals surface area contributed by atoms with E-state index in [0.29, 0.717) is 0 Å². The van der Waals surface area contributed by atoms with E-state index in [1.54, 1.807) is 0 Å². The molecule has 2 nitrogen and oxygen atoms in total. The zero-order chi connectivity index (χ0) is 14.7. The number of halogens is 3. The van der Waals surface area contributed by atoms with Gasteiger partial charge in [-0.3, -0.25) is 0 Å². The Morgan fingerprint density at radius 3 is 2.25 bits per heavy atom. The first-order valence-corrected chi connectivity index (χ1v) is 6.02. The minimum atomic E-state index is -0.937. The van der Waals surface area contributed by atoms with Gasteiger partial charge in [0.05, 0.1) is 11.7 Å². The molecule has 0 bridgehead atoms. The van der Waals surface area contributed by atoms with Crippen LogP contribution >= 0.6 is 0 Å².